The quantitative estimate of drug-likeness (QED) is 0.327. The van der Waals surface area contributed by atoms with Gasteiger partial charge in [-0.05, 0) is 66.0 Å². The highest BCUT2D eigenvalue weighted by Crippen LogP contribution is 2.36. The molecule has 2 fully saturated rings. The maximum atomic E-state index is 11.7. The molecule has 1 unspecified atom stereocenters. The van der Waals surface area contributed by atoms with Gasteiger partial charge in [-0.15, -0.1) is 5.10 Å². The molecule has 0 aromatic heterocycles. The Kier molecular flexibility index (Phi) is 7.16. The topological polar surface area (TPSA) is 110 Å². The van der Waals surface area contributed by atoms with Gasteiger partial charge >= 0.3 is 5.97 Å². The Labute approximate surface area is 180 Å². The number of hydrogen-bond acceptors (Lipinski definition) is 7. The Morgan fingerprint density at radius 1 is 1.43 bits per heavy atom. The number of rotatable bonds is 7. The lowest BCUT2D eigenvalue weighted by Crippen LogP contribution is -2.26. The molecule has 150 valence electrons. The zero-order valence-electron chi connectivity index (χ0n) is 15.2. The molecule has 1 saturated carbocycles. The highest BCUT2D eigenvalue weighted by Gasteiger charge is 2.32. The van der Waals surface area contributed by atoms with Crippen molar-refractivity contribution in [1.82, 2.24) is 5.32 Å². The number of benzene rings is 1. The van der Waals surface area contributed by atoms with E-state index in [9.17, 15) is 9.59 Å². The second-order valence-corrected chi connectivity index (χ2v) is 8.76. The molecule has 1 saturated heterocycles. The lowest BCUT2D eigenvalue weighted by atomic mass is 10.2. The van der Waals surface area contributed by atoms with E-state index in [1.807, 2.05) is 12.1 Å². The van der Waals surface area contributed by atoms with Crippen LogP contribution in [0.3, 0.4) is 0 Å². The molecule has 0 spiro atoms. The van der Waals surface area contributed by atoms with Crippen LogP contribution in [-0.2, 0) is 9.59 Å². The Morgan fingerprint density at radius 3 is 2.86 bits per heavy atom. The van der Waals surface area contributed by atoms with Crippen LogP contribution in [0, 0.1) is 3.57 Å². The van der Waals surface area contributed by atoms with Crippen LogP contribution in [0.4, 0.5) is 0 Å². The van der Waals surface area contributed by atoms with E-state index in [1.54, 1.807) is 13.3 Å². The SMILES string of the molecule is COc1cc(C=NN=C2NC(=O)C(CC(=O)O)S2)cc(I)c1OC1CCCC1. The summed E-state index contributed by atoms with van der Waals surface area (Å²) in [6.07, 6.45) is 6.03. The Hall–Kier alpha value is -1.82. The maximum Gasteiger partial charge on any atom is 0.305 e. The van der Waals surface area contributed by atoms with Crippen molar-refractivity contribution in [3.8, 4) is 11.5 Å². The van der Waals surface area contributed by atoms with Gasteiger partial charge in [0.1, 0.15) is 5.25 Å². The third kappa shape index (κ3) is 5.37. The number of ether oxygens (including phenoxy) is 2. The Morgan fingerprint density at radius 2 is 2.18 bits per heavy atom. The highest BCUT2D eigenvalue weighted by atomic mass is 127. The second-order valence-electron chi connectivity index (χ2n) is 6.40. The molecule has 1 aromatic carbocycles. The van der Waals surface area contributed by atoms with Crippen LogP contribution in [0.1, 0.15) is 37.7 Å². The van der Waals surface area contributed by atoms with Gasteiger partial charge in [0.2, 0.25) is 5.91 Å². The van der Waals surface area contributed by atoms with Gasteiger partial charge in [0, 0.05) is 0 Å². The van der Waals surface area contributed by atoms with Gasteiger partial charge in [-0.25, -0.2) is 0 Å². The van der Waals surface area contributed by atoms with Crippen molar-refractivity contribution in [3.05, 3.63) is 21.3 Å². The largest absolute Gasteiger partial charge is 0.493 e. The first-order valence-electron chi connectivity index (χ1n) is 8.81. The second kappa shape index (κ2) is 9.59. The van der Waals surface area contributed by atoms with Crippen LogP contribution < -0.4 is 14.8 Å². The summed E-state index contributed by atoms with van der Waals surface area (Å²) < 4.78 is 12.5. The number of carbonyl (C=O) groups is 2. The summed E-state index contributed by atoms with van der Waals surface area (Å²) in [6.45, 7) is 0. The minimum absolute atomic E-state index is 0.232. The van der Waals surface area contributed by atoms with Crippen molar-refractivity contribution >= 4 is 57.6 Å². The molecule has 2 aliphatic rings. The number of thioether (sulfide) groups is 1. The van der Waals surface area contributed by atoms with Gasteiger partial charge in [-0.2, -0.15) is 5.10 Å². The van der Waals surface area contributed by atoms with Crippen molar-refractivity contribution in [2.45, 2.75) is 43.5 Å². The molecule has 8 nitrogen and oxygen atoms in total. The van der Waals surface area contributed by atoms with E-state index in [1.165, 1.54) is 12.8 Å². The van der Waals surface area contributed by atoms with Crippen LogP contribution in [0.15, 0.2) is 22.3 Å². The smallest absolute Gasteiger partial charge is 0.305 e. The zero-order chi connectivity index (χ0) is 20.1. The normalized spacial score (nSPS) is 21.4. The Balaban J connectivity index is 1.69. The average Bonchev–Trinajstić information content (AvgIpc) is 3.27. The summed E-state index contributed by atoms with van der Waals surface area (Å²) in [4.78, 5) is 22.5. The minimum atomic E-state index is -1.03. The lowest BCUT2D eigenvalue weighted by Gasteiger charge is -2.17. The number of carbonyl (C=O) groups excluding carboxylic acids is 1. The molecular weight excluding hydrogens is 497 g/mol. The molecule has 1 aliphatic carbocycles. The first-order valence-corrected chi connectivity index (χ1v) is 10.8. The molecule has 1 amide bonds. The summed E-state index contributed by atoms with van der Waals surface area (Å²) in [7, 11) is 1.60. The average molecular weight is 517 g/mol. The lowest BCUT2D eigenvalue weighted by molar-refractivity contribution is -0.138. The van der Waals surface area contributed by atoms with Crippen molar-refractivity contribution in [1.29, 1.82) is 0 Å². The standard InChI is InChI=1S/C18H20IN3O5S/c1-26-13-7-10(6-12(19)16(13)27-11-4-2-3-5-11)9-20-22-18-21-17(25)14(28-18)8-15(23)24/h6-7,9,11,14H,2-5,8H2,1H3,(H,23,24)(H,21,22,25). The van der Waals surface area contributed by atoms with Gasteiger partial charge in [0.25, 0.3) is 0 Å². The van der Waals surface area contributed by atoms with Crippen molar-refractivity contribution in [3.63, 3.8) is 0 Å². The van der Waals surface area contributed by atoms with Gasteiger partial charge in [0.15, 0.2) is 16.7 Å². The molecule has 2 N–H and O–H groups in total. The molecule has 0 radical (unpaired) electrons. The predicted octanol–water partition coefficient (Wildman–Crippen LogP) is 3.02. The van der Waals surface area contributed by atoms with Crippen LogP contribution in [0.2, 0.25) is 0 Å². The van der Waals surface area contributed by atoms with E-state index in [4.69, 9.17) is 14.6 Å². The van der Waals surface area contributed by atoms with E-state index >= 15 is 0 Å². The first kappa shape index (κ1) is 20.9. The molecule has 3 rings (SSSR count). The monoisotopic (exact) mass is 517 g/mol. The van der Waals surface area contributed by atoms with Gasteiger partial charge in [0.05, 0.1) is 29.4 Å². The summed E-state index contributed by atoms with van der Waals surface area (Å²) in [5.41, 5.74) is 0.779. The van der Waals surface area contributed by atoms with Crippen molar-refractivity contribution < 1.29 is 24.2 Å². The van der Waals surface area contributed by atoms with Gasteiger partial charge in [-0.1, -0.05) is 11.8 Å². The molecule has 0 bridgehead atoms. The number of nitrogens with zero attached hydrogens (tertiary/aromatic N) is 2. The molecular formula is C18H20IN3O5S. The van der Waals surface area contributed by atoms with Gasteiger partial charge < -0.3 is 19.9 Å². The number of amidine groups is 1. The van der Waals surface area contributed by atoms with Crippen LogP contribution in [-0.4, -0.2) is 46.8 Å². The summed E-state index contributed by atoms with van der Waals surface area (Å²) in [5.74, 6) is -0.0171. The fraction of sp³-hybridized carbons (Fsp3) is 0.444. The van der Waals surface area contributed by atoms with E-state index in [-0.39, 0.29) is 23.6 Å². The minimum Gasteiger partial charge on any atom is -0.493 e. The number of amides is 1. The molecule has 1 aliphatic heterocycles. The van der Waals surface area contributed by atoms with Crippen molar-refractivity contribution in [2.75, 3.05) is 7.11 Å². The molecule has 28 heavy (non-hydrogen) atoms. The van der Waals surface area contributed by atoms with E-state index < -0.39 is 11.2 Å². The number of halogens is 1. The third-order valence-electron chi connectivity index (χ3n) is 4.33. The highest BCUT2D eigenvalue weighted by molar-refractivity contribution is 14.1. The van der Waals surface area contributed by atoms with Crippen molar-refractivity contribution in [2.24, 2.45) is 10.2 Å². The van der Waals surface area contributed by atoms with E-state index in [0.29, 0.717) is 5.75 Å². The molecule has 10 heteroatoms. The summed E-state index contributed by atoms with van der Waals surface area (Å²) >= 11 is 3.27. The number of nitrogens with one attached hydrogen (secondary N) is 1. The maximum absolute atomic E-state index is 11.7. The third-order valence-corrected chi connectivity index (χ3v) is 6.20. The first-order chi connectivity index (χ1) is 13.5. The van der Waals surface area contributed by atoms with Crippen LogP contribution in [0.25, 0.3) is 0 Å². The predicted molar refractivity (Wildman–Crippen MR) is 115 cm³/mol. The summed E-state index contributed by atoms with van der Waals surface area (Å²) in [6, 6.07) is 3.74. The number of aliphatic carboxylic acids is 1. The van der Waals surface area contributed by atoms with Crippen LogP contribution in [0.5, 0.6) is 11.5 Å². The fourth-order valence-corrected chi connectivity index (χ4v) is 4.66. The van der Waals surface area contributed by atoms with E-state index in [2.05, 4.69) is 38.1 Å². The van der Waals surface area contributed by atoms with E-state index in [0.717, 1.165) is 39.5 Å². The fourth-order valence-electron chi connectivity index (χ4n) is 2.99. The van der Waals surface area contributed by atoms with Gasteiger partial charge in [-0.3, -0.25) is 9.59 Å². The number of hydrogen-bond donors (Lipinski definition) is 2. The Bertz CT molecular complexity index is 824. The van der Waals surface area contributed by atoms with Crippen LogP contribution >= 0.6 is 34.4 Å². The zero-order valence-corrected chi connectivity index (χ0v) is 18.2. The number of methoxy groups -OCH3 is 1. The molecule has 1 aromatic rings. The molecule has 1 atom stereocenters. The molecule has 1 heterocycles. The number of carboxylic acid groups (broad SMARTS) is 1. The summed E-state index contributed by atoms with van der Waals surface area (Å²) in [5, 5.41) is 18.9. The number of carboxylic acids is 1.